The molecule has 25 heavy (non-hydrogen) atoms. The van der Waals surface area contributed by atoms with E-state index in [1.54, 1.807) is 0 Å². The van der Waals surface area contributed by atoms with Gasteiger partial charge in [-0.05, 0) is 38.8 Å². The molecule has 0 radical (unpaired) electrons. The number of hydrogen-bond acceptors (Lipinski definition) is 3. The van der Waals surface area contributed by atoms with E-state index in [4.69, 9.17) is 9.47 Å². The molecule has 4 nitrogen and oxygen atoms in total. The minimum Gasteiger partial charge on any atom is -0.493 e. The maximum Gasteiger partial charge on any atom is 0.256 e. The SMILES string of the molecule is CCCO[C@@](C)(CCC)C(=O)Nc1ccc(OCC)c2ccccc12. The van der Waals surface area contributed by atoms with Crippen LogP contribution in [0.5, 0.6) is 5.75 Å². The first-order chi connectivity index (χ1) is 12.1. The molecule has 0 bridgehead atoms. The Morgan fingerprint density at radius 1 is 1.04 bits per heavy atom. The Bertz CT molecular complexity index is 713. The first kappa shape index (κ1) is 19.3. The molecule has 0 saturated heterocycles. The van der Waals surface area contributed by atoms with E-state index >= 15 is 0 Å². The molecule has 2 rings (SSSR count). The van der Waals surface area contributed by atoms with Crippen LogP contribution in [-0.4, -0.2) is 24.7 Å². The smallest absolute Gasteiger partial charge is 0.256 e. The zero-order valence-corrected chi connectivity index (χ0v) is 15.7. The van der Waals surface area contributed by atoms with E-state index in [0.29, 0.717) is 19.6 Å². The van der Waals surface area contributed by atoms with Gasteiger partial charge < -0.3 is 14.8 Å². The van der Waals surface area contributed by atoms with Crippen LogP contribution in [0.25, 0.3) is 10.8 Å². The molecule has 0 aliphatic heterocycles. The second kappa shape index (κ2) is 8.86. The molecule has 0 heterocycles. The van der Waals surface area contributed by atoms with Crippen molar-refractivity contribution in [1.29, 1.82) is 0 Å². The van der Waals surface area contributed by atoms with Crippen LogP contribution < -0.4 is 10.1 Å². The molecular weight excluding hydrogens is 314 g/mol. The third kappa shape index (κ3) is 4.51. The predicted octanol–water partition coefficient (Wildman–Crippen LogP) is 5.16. The van der Waals surface area contributed by atoms with Gasteiger partial charge in [0, 0.05) is 23.1 Å². The lowest BCUT2D eigenvalue weighted by Gasteiger charge is -2.28. The maximum atomic E-state index is 12.9. The number of nitrogens with one attached hydrogen (secondary N) is 1. The van der Waals surface area contributed by atoms with Crippen LogP contribution in [0.15, 0.2) is 36.4 Å². The van der Waals surface area contributed by atoms with Gasteiger partial charge in [-0.25, -0.2) is 0 Å². The van der Waals surface area contributed by atoms with Crippen molar-refractivity contribution in [3.05, 3.63) is 36.4 Å². The molecular formula is C21H29NO3. The van der Waals surface area contributed by atoms with Crippen LogP contribution >= 0.6 is 0 Å². The lowest BCUT2D eigenvalue weighted by molar-refractivity contribution is -0.140. The fourth-order valence-electron chi connectivity index (χ4n) is 2.97. The number of fused-ring (bicyclic) bond motifs is 1. The molecule has 2 aromatic carbocycles. The Morgan fingerprint density at radius 2 is 1.76 bits per heavy atom. The number of rotatable bonds is 9. The van der Waals surface area contributed by atoms with Crippen molar-refractivity contribution < 1.29 is 14.3 Å². The molecule has 0 unspecified atom stereocenters. The van der Waals surface area contributed by atoms with Crippen molar-refractivity contribution in [3.63, 3.8) is 0 Å². The topological polar surface area (TPSA) is 47.6 Å². The quantitative estimate of drug-likeness (QED) is 0.684. The van der Waals surface area contributed by atoms with E-state index in [-0.39, 0.29) is 5.91 Å². The first-order valence-corrected chi connectivity index (χ1v) is 9.15. The van der Waals surface area contributed by atoms with E-state index < -0.39 is 5.60 Å². The van der Waals surface area contributed by atoms with Crippen LogP contribution in [0, 0.1) is 0 Å². The standard InChI is InChI=1S/C21H29NO3/c1-5-14-21(4,25-15-6-2)20(23)22-18-12-13-19(24-7-3)17-11-9-8-10-16(17)18/h8-13H,5-7,14-15H2,1-4H3,(H,22,23)/t21-/m0/s1. The molecule has 0 aliphatic rings. The third-order valence-corrected chi connectivity index (χ3v) is 4.26. The van der Waals surface area contributed by atoms with Crippen molar-refractivity contribution in [2.24, 2.45) is 0 Å². The second-order valence-corrected chi connectivity index (χ2v) is 6.37. The molecule has 0 saturated carbocycles. The molecule has 0 aliphatic carbocycles. The number of carbonyl (C=O) groups excluding carboxylic acids is 1. The van der Waals surface area contributed by atoms with Crippen LogP contribution in [0.2, 0.25) is 0 Å². The zero-order chi connectivity index (χ0) is 18.3. The predicted molar refractivity (Wildman–Crippen MR) is 103 cm³/mol. The highest BCUT2D eigenvalue weighted by molar-refractivity contribution is 6.06. The molecule has 1 atom stereocenters. The highest BCUT2D eigenvalue weighted by Crippen LogP contribution is 2.32. The van der Waals surface area contributed by atoms with E-state index in [9.17, 15) is 4.79 Å². The van der Waals surface area contributed by atoms with Crippen LogP contribution in [-0.2, 0) is 9.53 Å². The Kier molecular flexibility index (Phi) is 6.82. The average Bonchev–Trinajstić information content (AvgIpc) is 2.62. The van der Waals surface area contributed by atoms with Gasteiger partial charge in [-0.2, -0.15) is 0 Å². The summed E-state index contributed by atoms with van der Waals surface area (Å²) in [6.07, 6.45) is 2.46. The largest absolute Gasteiger partial charge is 0.493 e. The van der Waals surface area contributed by atoms with Gasteiger partial charge in [0.05, 0.1) is 6.61 Å². The van der Waals surface area contributed by atoms with Gasteiger partial charge in [-0.1, -0.05) is 44.5 Å². The van der Waals surface area contributed by atoms with Gasteiger partial charge in [-0.3, -0.25) is 4.79 Å². The summed E-state index contributed by atoms with van der Waals surface area (Å²) in [4.78, 5) is 12.9. The van der Waals surface area contributed by atoms with Crippen LogP contribution in [0.1, 0.15) is 47.0 Å². The van der Waals surface area contributed by atoms with Crippen molar-refractivity contribution in [2.75, 3.05) is 18.5 Å². The Balaban J connectivity index is 2.32. The number of hydrogen-bond donors (Lipinski definition) is 1. The Hall–Kier alpha value is -2.07. The number of anilines is 1. The number of benzene rings is 2. The fourth-order valence-corrected chi connectivity index (χ4v) is 2.97. The lowest BCUT2D eigenvalue weighted by atomic mass is 9.98. The van der Waals surface area contributed by atoms with Gasteiger partial charge in [0.1, 0.15) is 11.4 Å². The Morgan fingerprint density at radius 3 is 2.40 bits per heavy atom. The molecule has 1 N–H and O–H groups in total. The van der Waals surface area contributed by atoms with E-state index in [2.05, 4.69) is 12.2 Å². The normalized spacial score (nSPS) is 13.4. The van der Waals surface area contributed by atoms with Crippen molar-refractivity contribution in [1.82, 2.24) is 0 Å². The fraction of sp³-hybridized carbons (Fsp3) is 0.476. The summed E-state index contributed by atoms with van der Waals surface area (Å²) in [6.45, 7) is 9.13. The van der Waals surface area contributed by atoms with Gasteiger partial charge in [0.2, 0.25) is 0 Å². The van der Waals surface area contributed by atoms with E-state index in [1.165, 1.54) is 0 Å². The number of carbonyl (C=O) groups is 1. The third-order valence-electron chi connectivity index (χ3n) is 4.26. The second-order valence-electron chi connectivity index (χ2n) is 6.37. The highest BCUT2D eigenvalue weighted by atomic mass is 16.5. The Labute approximate surface area is 150 Å². The van der Waals surface area contributed by atoms with Crippen molar-refractivity contribution >= 4 is 22.4 Å². The van der Waals surface area contributed by atoms with Crippen LogP contribution in [0.4, 0.5) is 5.69 Å². The minimum absolute atomic E-state index is 0.0999. The summed E-state index contributed by atoms with van der Waals surface area (Å²) in [5, 5.41) is 5.03. The minimum atomic E-state index is -0.815. The molecule has 2 aromatic rings. The lowest BCUT2D eigenvalue weighted by Crippen LogP contribution is -2.43. The molecule has 4 heteroatoms. The van der Waals surface area contributed by atoms with Gasteiger partial charge in [-0.15, -0.1) is 0 Å². The number of amides is 1. The van der Waals surface area contributed by atoms with Crippen LogP contribution in [0.3, 0.4) is 0 Å². The monoisotopic (exact) mass is 343 g/mol. The summed E-state index contributed by atoms with van der Waals surface area (Å²) < 4.78 is 11.6. The first-order valence-electron chi connectivity index (χ1n) is 9.15. The van der Waals surface area contributed by atoms with Gasteiger partial charge in [0.15, 0.2) is 0 Å². The molecule has 136 valence electrons. The molecule has 0 fully saturated rings. The summed E-state index contributed by atoms with van der Waals surface area (Å²) in [7, 11) is 0. The van der Waals surface area contributed by atoms with Crippen molar-refractivity contribution in [3.8, 4) is 5.75 Å². The average molecular weight is 343 g/mol. The molecule has 0 spiro atoms. The summed E-state index contributed by atoms with van der Waals surface area (Å²) in [5.41, 5.74) is -0.0312. The van der Waals surface area contributed by atoms with Gasteiger partial charge in [0.25, 0.3) is 5.91 Å². The van der Waals surface area contributed by atoms with E-state index in [0.717, 1.165) is 35.1 Å². The molecule has 1 amide bonds. The summed E-state index contributed by atoms with van der Waals surface area (Å²) in [6, 6.07) is 11.8. The number of ether oxygens (including phenoxy) is 2. The van der Waals surface area contributed by atoms with E-state index in [1.807, 2.05) is 57.2 Å². The van der Waals surface area contributed by atoms with Gasteiger partial charge >= 0.3 is 0 Å². The zero-order valence-electron chi connectivity index (χ0n) is 15.7. The summed E-state index contributed by atoms with van der Waals surface area (Å²) >= 11 is 0. The molecule has 0 aromatic heterocycles. The maximum absolute atomic E-state index is 12.9. The summed E-state index contributed by atoms with van der Waals surface area (Å²) in [5.74, 6) is 0.728. The highest BCUT2D eigenvalue weighted by Gasteiger charge is 2.33. The van der Waals surface area contributed by atoms with Crippen molar-refractivity contribution in [2.45, 2.75) is 52.6 Å².